The van der Waals surface area contributed by atoms with Crippen LogP contribution in [0.1, 0.15) is 33.6 Å². The van der Waals surface area contributed by atoms with Gasteiger partial charge in [-0.05, 0) is 20.3 Å². The molecule has 0 spiro atoms. The van der Waals surface area contributed by atoms with Gasteiger partial charge < -0.3 is 5.11 Å². The first-order chi connectivity index (χ1) is 5.20. The van der Waals surface area contributed by atoms with Crippen LogP contribution < -0.4 is 0 Å². The topological polar surface area (TPSA) is 38.7 Å². The third-order valence-electron chi connectivity index (χ3n) is 1.34. The molecule has 0 aromatic heterocycles. The molecule has 0 amide bonds. The fourth-order valence-corrected chi connectivity index (χ4v) is 0.675. The van der Waals surface area contributed by atoms with Crippen molar-refractivity contribution < 1.29 is 14.9 Å². The van der Waals surface area contributed by atoms with Crippen LogP contribution in [-0.4, -0.2) is 23.9 Å². The maximum atomic E-state index is 8.57. The van der Waals surface area contributed by atoms with Crippen molar-refractivity contribution in [3.63, 3.8) is 0 Å². The van der Waals surface area contributed by atoms with Crippen LogP contribution in [0.5, 0.6) is 0 Å². The maximum Gasteiger partial charge on any atom is 0.113 e. The Labute approximate surface area is 68.2 Å². The summed E-state index contributed by atoms with van der Waals surface area (Å²) in [5, 5.41) is 8.57. The van der Waals surface area contributed by atoms with Gasteiger partial charge in [0.1, 0.15) is 6.10 Å². The average molecular weight is 162 g/mol. The SMILES string of the molecule is CCCC(C)OOC(C)CO. The second-order valence-electron chi connectivity index (χ2n) is 2.78. The van der Waals surface area contributed by atoms with E-state index in [9.17, 15) is 0 Å². The molecule has 11 heavy (non-hydrogen) atoms. The zero-order valence-corrected chi connectivity index (χ0v) is 7.54. The molecule has 0 aliphatic carbocycles. The summed E-state index contributed by atoms with van der Waals surface area (Å²) >= 11 is 0. The summed E-state index contributed by atoms with van der Waals surface area (Å²) in [6.45, 7) is 5.81. The van der Waals surface area contributed by atoms with Crippen LogP contribution in [0, 0.1) is 0 Å². The molecule has 68 valence electrons. The van der Waals surface area contributed by atoms with Crippen LogP contribution in [0.25, 0.3) is 0 Å². The predicted octanol–water partition coefficient (Wildman–Crippen LogP) is 1.50. The number of rotatable bonds is 6. The molecule has 3 nitrogen and oxygen atoms in total. The van der Waals surface area contributed by atoms with Crippen molar-refractivity contribution in [1.29, 1.82) is 0 Å². The first-order valence-electron chi connectivity index (χ1n) is 4.13. The van der Waals surface area contributed by atoms with Crippen LogP contribution in [-0.2, 0) is 9.78 Å². The van der Waals surface area contributed by atoms with E-state index in [0.29, 0.717) is 0 Å². The summed E-state index contributed by atoms with van der Waals surface area (Å²) < 4.78 is 0. The summed E-state index contributed by atoms with van der Waals surface area (Å²) in [5.74, 6) is 0. The minimum atomic E-state index is -0.227. The Hall–Kier alpha value is -0.120. The molecule has 3 heteroatoms. The van der Waals surface area contributed by atoms with Gasteiger partial charge in [-0.1, -0.05) is 13.3 Å². The highest BCUT2D eigenvalue weighted by atomic mass is 17.2. The Kier molecular flexibility index (Phi) is 6.51. The van der Waals surface area contributed by atoms with Gasteiger partial charge in [-0.2, -0.15) is 0 Å². The van der Waals surface area contributed by atoms with Gasteiger partial charge in [0, 0.05) is 0 Å². The second kappa shape index (κ2) is 6.58. The first-order valence-corrected chi connectivity index (χ1v) is 4.13. The van der Waals surface area contributed by atoms with Gasteiger partial charge in [0.2, 0.25) is 0 Å². The molecule has 0 aliphatic heterocycles. The maximum absolute atomic E-state index is 8.57. The molecule has 0 bridgehead atoms. The van der Waals surface area contributed by atoms with E-state index in [0.717, 1.165) is 12.8 Å². The van der Waals surface area contributed by atoms with Crippen molar-refractivity contribution in [2.45, 2.75) is 45.8 Å². The predicted molar refractivity (Wildman–Crippen MR) is 43.1 cm³/mol. The summed E-state index contributed by atoms with van der Waals surface area (Å²) in [5.41, 5.74) is 0. The third-order valence-corrected chi connectivity index (χ3v) is 1.34. The summed E-state index contributed by atoms with van der Waals surface area (Å²) in [6, 6.07) is 0. The highest BCUT2D eigenvalue weighted by Crippen LogP contribution is 2.02. The molecule has 0 aromatic rings. The number of aliphatic hydroxyl groups is 1. The first kappa shape index (κ1) is 10.9. The smallest absolute Gasteiger partial charge is 0.113 e. The normalized spacial score (nSPS) is 16.4. The molecule has 2 unspecified atom stereocenters. The van der Waals surface area contributed by atoms with E-state index in [1.54, 1.807) is 6.92 Å². The van der Waals surface area contributed by atoms with Gasteiger partial charge >= 0.3 is 0 Å². The quantitative estimate of drug-likeness (QED) is 0.475. The Balaban J connectivity index is 3.22. The van der Waals surface area contributed by atoms with Crippen molar-refractivity contribution in [2.75, 3.05) is 6.61 Å². The van der Waals surface area contributed by atoms with Crippen molar-refractivity contribution >= 4 is 0 Å². The van der Waals surface area contributed by atoms with E-state index in [4.69, 9.17) is 14.9 Å². The van der Waals surface area contributed by atoms with E-state index in [2.05, 4.69) is 6.92 Å². The van der Waals surface area contributed by atoms with Gasteiger partial charge in [0.05, 0.1) is 12.7 Å². The molecule has 2 atom stereocenters. The van der Waals surface area contributed by atoms with Crippen molar-refractivity contribution in [3.8, 4) is 0 Å². The van der Waals surface area contributed by atoms with Crippen molar-refractivity contribution in [1.82, 2.24) is 0 Å². The van der Waals surface area contributed by atoms with E-state index in [1.165, 1.54) is 0 Å². The molecule has 0 saturated heterocycles. The van der Waals surface area contributed by atoms with Gasteiger partial charge in [-0.25, -0.2) is 9.78 Å². The van der Waals surface area contributed by atoms with E-state index in [1.807, 2.05) is 6.92 Å². The van der Waals surface area contributed by atoms with Crippen LogP contribution in [0.3, 0.4) is 0 Å². The monoisotopic (exact) mass is 162 g/mol. The zero-order chi connectivity index (χ0) is 8.69. The minimum Gasteiger partial charge on any atom is -0.394 e. The van der Waals surface area contributed by atoms with Crippen LogP contribution in [0.2, 0.25) is 0 Å². The standard InChI is InChI=1S/C8H18O3/c1-4-5-7(2)10-11-8(3)6-9/h7-9H,4-6H2,1-3H3. The fraction of sp³-hybridized carbons (Fsp3) is 1.00. The Bertz CT molecular complexity index is 85.4. The summed E-state index contributed by atoms with van der Waals surface area (Å²) in [4.78, 5) is 9.83. The lowest BCUT2D eigenvalue weighted by molar-refractivity contribution is -0.348. The van der Waals surface area contributed by atoms with Gasteiger partial charge in [0.25, 0.3) is 0 Å². The number of hydrogen-bond donors (Lipinski definition) is 1. The van der Waals surface area contributed by atoms with Gasteiger partial charge in [-0.3, -0.25) is 0 Å². The Morgan fingerprint density at radius 3 is 2.18 bits per heavy atom. The largest absolute Gasteiger partial charge is 0.394 e. The molecule has 1 N–H and O–H groups in total. The molecule has 0 aromatic carbocycles. The fourth-order valence-electron chi connectivity index (χ4n) is 0.675. The molecule has 0 heterocycles. The minimum absolute atomic E-state index is 0.00115. The van der Waals surface area contributed by atoms with Crippen LogP contribution in [0.15, 0.2) is 0 Å². The van der Waals surface area contributed by atoms with E-state index >= 15 is 0 Å². The molecule has 0 fully saturated rings. The lowest BCUT2D eigenvalue weighted by Crippen LogP contribution is -2.17. The molecule has 0 rings (SSSR count). The summed E-state index contributed by atoms with van der Waals surface area (Å²) in [6.07, 6.45) is 1.96. The molecule has 0 saturated carbocycles. The molecule has 0 aliphatic rings. The van der Waals surface area contributed by atoms with Gasteiger partial charge in [0.15, 0.2) is 0 Å². The summed E-state index contributed by atoms with van der Waals surface area (Å²) in [7, 11) is 0. The highest BCUT2D eigenvalue weighted by Gasteiger charge is 2.05. The van der Waals surface area contributed by atoms with Crippen molar-refractivity contribution in [3.05, 3.63) is 0 Å². The van der Waals surface area contributed by atoms with Gasteiger partial charge in [-0.15, -0.1) is 0 Å². The Morgan fingerprint density at radius 2 is 1.73 bits per heavy atom. The van der Waals surface area contributed by atoms with E-state index < -0.39 is 0 Å². The number of aliphatic hydroxyl groups excluding tert-OH is 1. The zero-order valence-electron chi connectivity index (χ0n) is 7.54. The van der Waals surface area contributed by atoms with Crippen molar-refractivity contribution in [2.24, 2.45) is 0 Å². The molecule has 0 radical (unpaired) electrons. The highest BCUT2D eigenvalue weighted by molar-refractivity contribution is 4.45. The second-order valence-corrected chi connectivity index (χ2v) is 2.78. The lowest BCUT2D eigenvalue weighted by Gasteiger charge is -2.13. The molecular formula is C8H18O3. The molecular weight excluding hydrogens is 144 g/mol. The van der Waals surface area contributed by atoms with Crippen LogP contribution in [0.4, 0.5) is 0 Å². The lowest BCUT2D eigenvalue weighted by atomic mass is 10.2. The van der Waals surface area contributed by atoms with E-state index in [-0.39, 0.29) is 18.8 Å². The average Bonchev–Trinajstić information content (AvgIpc) is 2.01. The van der Waals surface area contributed by atoms with Crippen LogP contribution >= 0.6 is 0 Å². The Morgan fingerprint density at radius 1 is 1.18 bits per heavy atom. The third kappa shape index (κ3) is 6.28. The number of hydrogen-bond acceptors (Lipinski definition) is 3.